The van der Waals surface area contributed by atoms with Crippen LogP contribution in [0.25, 0.3) is 0 Å². The van der Waals surface area contributed by atoms with Crippen molar-refractivity contribution < 1.29 is 9.59 Å². The molecule has 0 unspecified atom stereocenters. The maximum Gasteiger partial charge on any atom is 0.226 e. The van der Waals surface area contributed by atoms with Crippen LogP contribution in [0, 0.1) is 0 Å². The second-order valence-electron chi connectivity index (χ2n) is 5.07. The third-order valence-electron chi connectivity index (χ3n) is 3.32. The summed E-state index contributed by atoms with van der Waals surface area (Å²) in [5.74, 6) is -0.258. The Morgan fingerprint density at radius 1 is 1.17 bits per heavy atom. The second kappa shape index (κ2) is 8.29. The van der Waals surface area contributed by atoms with E-state index in [1.54, 1.807) is 41.6 Å². The zero-order valence-corrected chi connectivity index (χ0v) is 13.6. The maximum atomic E-state index is 12.0. The topological polar surface area (TPSA) is 62.3 Å². The molecule has 6 heteroatoms. The van der Waals surface area contributed by atoms with E-state index in [1.807, 2.05) is 12.1 Å². The van der Waals surface area contributed by atoms with Crippen molar-refractivity contribution in [2.75, 3.05) is 11.9 Å². The van der Waals surface area contributed by atoms with Crippen LogP contribution < -0.4 is 5.32 Å². The van der Waals surface area contributed by atoms with Crippen molar-refractivity contribution in [2.24, 2.45) is 0 Å². The minimum atomic E-state index is -0.181. The number of rotatable bonds is 6. The third-order valence-corrected chi connectivity index (χ3v) is 3.65. The molecular weight excluding hydrogens is 314 g/mol. The number of pyridine rings is 1. The molecule has 0 radical (unpaired) electrons. The number of hydrogen-bond acceptors (Lipinski definition) is 3. The van der Waals surface area contributed by atoms with Gasteiger partial charge in [-0.2, -0.15) is 0 Å². The van der Waals surface area contributed by atoms with Crippen molar-refractivity contribution >= 4 is 29.1 Å². The van der Waals surface area contributed by atoms with E-state index in [9.17, 15) is 9.59 Å². The van der Waals surface area contributed by atoms with Crippen LogP contribution in [0.3, 0.4) is 0 Å². The van der Waals surface area contributed by atoms with Crippen molar-refractivity contribution in [2.45, 2.75) is 19.9 Å². The van der Waals surface area contributed by atoms with Gasteiger partial charge in [0.2, 0.25) is 11.8 Å². The first-order valence-corrected chi connectivity index (χ1v) is 7.63. The van der Waals surface area contributed by atoms with Crippen LogP contribution in [0.1, 0.15) is 18.9 Å². The summed E-state index contributed by atoms with van der Waals surface area (Å²) in [5.41, 5.74) is 1.55. The Balaban J connectivity index is 1.90. The molecule has 2 amide bonds. The Morgan fingerprint density at radius 3 is 2.52 bits per heavy atom. The summed E-state index contributed by atoms with van der Waals surface area (Å²) in [5, 5.41) is 3.24. The van der Waals surface area contributed by atoms with Gasteiger partial charge in [0.05, 0.1) is 10.7 Å². The predicted molar refractivity (Wildman–Crippen MR) is 90.0 cm³/mol. The molecule has 0 aliphatic carbocycles. The van der Waals surface area contributed by atoms with Gasteiger partial charge in [0.1, 0.15) is 0 Å². The SMILES string of the molecule is CC(=O)N(CCC(=O)Nc1ccccc1Cl)Cc1ccncc1. The Kier molecular flexibility index (Phi) is 6.11. The summed E-state index contributed by atoms with van der Waals surface area (Å²) in [6.45, 7) is 2.29. The van der Waals surface area contributed by atoms with Gasteiger partial charge in [0.15, 0.2) is 0 Å². The lowest BCUT2D eigenvalue weighted by molar-refractivity contribution is -0.129. The van der Waals surface area contributed by atoms with Crippen LogP contribution in [0.15, 0.2) is 48.8 Å². The van der Waals surface area contributed by atoms with Crippen LogP contribution in [0.4, 0.5) is 5.69 Å². The molecule has 5 nitrogen and oxygen atoms in total. The molecule has 0 aliphatic rings. The fourth-order valence-corrected chi connectivity index (χ4v) is 2.25. The predicted octanol–water partition coefficient (Wildman–Crippen LogP) is 3.11. The Hall–Kier alpha value is -2.40. The average Bonchev–Trinajstić information content (AvgIpc) is 2.54. The highest BCUT2D eigenvalue weighted by Crippen LogP contribution is 2.20. The van der Waals surface area contributed by atoms with E-state index in [4.69, 9.17) is 11.6 Å². The highest BCUT2D eigenvalue weighted by Gasteiger charge is 2.12. The Morgan fingerprint density at radius 2 is 1.87 bits per heavy atom. The molecule has 0 aliphatic heterocycles. The lowest BCUT2D eigenvalue weighted by Crippen LogP contribution is -2.31. The molecule has 2 aromatic rings. The van der Waals surface area contributed by atoms with Crippen LogP contribution in [-0.4, -0.2) is 28.2 Å². The van der Waals surface area contributed by atoms with Crippen molar-refractivity contribution in [3.63, 3.8) is 0 Å². The molecule has 0 bridgehead atoms. The van der Waals surface area contributed by atoms with Gasteiger partial charge in [-0.3, -0.25) is 14.6 Å². The number of carbonyl (C=O) groups excluding carboxylic acids is 2. The molecule has 23 heavy (non-hydrogen) atoms. The van der Waals surface area contributed by atoms with Crippen LogP contribution in [0.5, 0.6) is 0 Å². The number of amides is 2. The van der Waals surface area contributed by atoms with E-state index in [-0.39, 0.29) is 18.2 Å². The molecule has 0 saturated heterocycles. The largest absolute Gasteiger partial charge is 0.338 e. The number of anilines is 1. The van der Waals surface area contributed by atoms with Gasteiger partial charge in [-0.15, -0.1) is 0 Å². The molecule has 0 spiro atoms. The molecule has 1 aromatic carbocycles. The third kappa shape index (κ3) is 5.38. The molecule has 120 valence electrons. The first-order valence-electron chi connectivity index (χ1n) is 7.25. The Labute approximate surface area is 140 Å². The van der Waals surface area contributed by atoms with Crippen LogP contribution in [-0.2, 0) is 16.1 Å². The van der Waals surface area contributed by atoms with Crippen molar-refractivity contribution in [3.05, 3.63) is 59.4 Å². The lowest BCUT2D eigenvalue weighted by atomic mass is 10.2. The van der Waals surface area contributed by atoms with Crippen LogP contribution in [0.2, 0.25) is 5.02 Å². The molecule has 0 saturated carbocycles. The lowest BCUT2D eigenvalue weighted by Gasteiger charge is -2.21. The quantitative estimate of drug-likeness (QED) is 0.884. The van der Waals surface area contributed by atoms with Gasteiger partial charge >= 0.3 is 0 Å². The standard InChI is InChI=1S/C17H18ClN3O2/c1-13(22)21(12-14-6-9-19-10-7-14)11-8-17(23)20-16-5-3-2-4-15(16)18/h2-7,9-10H,8,11-12H2,1H3,(H,20,23). The van der Waals surface area contributed by atoms with Gasteiger partial charge in [-0.1, -0.05) is 23.7 Å². The number of halogens is 1. The summed E-state index contributed by atoms with van der Waals surface area (Å²) < 4.78 is 0. The minimum absolute atomic E-state index is 0.0765. The molecular formula is C17H18ClN3O2. The summed E-state index contributed by atoms with van der Waals surface area (Å²) in [7, 11) is 0. The number of nitrogens with one attached hydrogen (secondary N) is 1. The van der Waals surface area contributed by atoms with E-state index >= 15 is 0 Å². The number of aromatic nitrogens is 1. The minimum Gasteiger partial charge on any atom is -0.338 e. The number of hydrogen-bond donors (Lipinski definition) is 1. The fraction of sp³-hybridized carbons (Fsp3) is 0.235. The highest BCUT2D eigenvalue weighted by atomic mass is 35.5. The van der Waals surface area contributed by atoms with E-state index in [0.29, 0.717) is 23.8 Å². The molecule has 1 heterocycles. The molecule has 2 rings (SSSR count). The van der Waals surface area contributed by atoms with Crippen molar-refractivity contribution in [1.82, 2.24) is 9.88 Å². The van der Waals surface area contributed by atoms with E-state index in [2.05, 4.69) is 10.3 Å². The summed E-state index contributed by atoms with van der Waals surface area (Å²) in [6.07, 6.45) is 3.56. The summed E-state index contributed by atoms with van der Waals surface area (Å²) in [4.78, 5) is 29.3. The maximum absolute atomic E-state index is 12.0. The monoisotopic (exact) mass is 331 g/mol. The number of benzene rings is 1. The highest BCUT2D eigenvalue weighted by molar-refractivity contribution is 6.33. The van der Waals surface area contributed by atoms with Gasteiger partial charge in [-0.25, -0.2) is 0 Å². The molecule has 1 N–H and O–H groups in total. The van der Waals surface area contributed by atoms with Crippen molar-refractivity contribution in [3.8, 4) is 0 Å². The zero-order valence-electron chi connectivity index (χ0n) is 12.8. The zero-order chi connectivity index (χ0) is 16.7. The summed E-state index contributed by atoms with van der Waals surface area (Å²) in [6, 6.07) is 10.7. The van der Waals surface area contributed by atoms with Crippen LogP contribution >= 0.6 is 11.6 Å². The number of para-hydroxylation sites is 1. The fourth-order valence-electron chi connectivity index (χ4n) is 2.07. The van der Waals surface area contributed by atoms with Gasteiger partial charge < -0.3 is 10.2 Å². The summed E-state index contributed by atoms with van der Waals surface area (Å²) >= 11 is 6.00. The first-order chi connectivity index (χ1) is 11.1. The van der Waals surface area contributed by atoms with E-state index < -0.39 is 0 Å². The van der Waals surface area contributed by atoms with Gasteiger partial charge in [-0.05, 0) is 29.8 Å². The smallest absolute Gasteiger partial charge is 0.226 e. The number of nitrogens with zero attached hydrogens (tertiary/aromatic N) is 2. The average molecular weight is 332 g/mol. The number of carbonyl (C=O) groups is 2. The second-order valence-corrected chi connectivity index (χ2v) is 5.48. The normalized spacial score (nSPS) is 10.2. The molecule has 0 fully saturated rings. The first kappa shape index (κ1) is 17.0. The molecule has 0 atom stereocenters. The van der Waals surface area contributed by atoms with Gasteiger partial charge in [0, 0.05) is 38.8 Å². The van der Waals surface area contributed by atoms with E-state index in [1.165, 1.54) is 6.92 Å². The Bertz CT molecular complexity index is 677. The van der Waals surface area contributed by atoms with E-state index in [0.717, 1.165) is 5.56 Å². The van der Waals surface area contributed by atoms with Crippen molar-refractivity contribution in [1.29, 1.82) is 0 Å². The molecule has 1 aromatic heterocycles. The van der Waals surface area contributed by atoms with Gasteiger partial charge in [0.25, 0.3) is 0 Å².